The predicted molar refractivity (Wildman–Crippen MR) is 41.5 cm³/mol. The van der Waals surface area contributed by atoms with E-state index in [4.69, 9.17) is 0 Å². The number of carbonyl (C=O) groups excluding carboxylic acids is 1. The molecule has 1 unspecified atom stereocenters. The number of dihydropyridines is 1. The first-order chi connectivity index (χ1) is 5.29. The lowest BCUT2D eigenvalue weighted by Crippen LogP contribution is -2.27. The Labute approximate surface area is 65.2 Å². The number of hydrogen-bond donors (Lipinski definition) is 2. The van der Waals surface area contributed by atoms with Crippen molar-refractivity contribution in [3.05, 3.63) is 23.5 Å². The highest BCUT2D eigenvalue weighted by atomic mass is 16.2. The van der Waals surface area contributed by atoms with Gasteiger partial charge in [-0.05, 0) is 6.92 Å². The lowest BCUT2D eigenvalue weighted by Gasteiger charge is -2.10. The number of rotatable bonds is 0. The average molecular weight is 150 g/mol. The van der Waals surface area contributed by atoms with Crippen molar-refractivity contribution in [2.45, 2.75) is 6.92 Å². The maximum absolute atomic E-state index is 11.1. The maximum atomic E-state index is 11.1. The van der Waals surface area contributed by atoms with E-state index in [1.54, 1.807) is 0 Å². The molecule has 2 heterocycles. The van der Waals surface area contributed by atoms with Gasteiger partial charge < -0.3 is 10.6 Å². The topological polar surface area (TPSA) is 41.1 Å². The molecule has 0 aromatic rings. The monoisotopic (exact) mass is 150 g/mol. The van der Waals surface area contributed by atoms with Gasteiger partial charge in [-0.3, -0.25) is 4.79 Å². The first-order valence-corrected chi connectivity index (χ1v) is 3.74. The minimum absolute atomic E-state index is 0.00838. The summed E-state index contributed by atoms with van der Waals surface area (Å²) >= 11 is 0. The van der Waals surface area contributed by atoms with Gasteiger partial charge in [0.25, 0.3) is 0 Å². The number of allylic oxidation sites excluding steroid dienone is 1. The Morgan fingerprint density at radius 2 is 2.45 bits per heavy atom. The molecule has 0 aromatic carbocycles. The van der Waals surface area contributed by atoms with Crippen molar-refractivity contribution in [3.8, 4) is 0 Å². The third-order valence-corrected chi connectivity index (χ3v) is 2.09. The molecular formula is C8H10N2O. The summed E-state index contributed by atoms with van der Waals surface area (Å²) in [7, 11) is 0. The van der Waals surface area contributed by atoms with E-state index in [1.807, 2.05) is 19.1 Å². The van der Waals surface area contributed by atoms with Gasteiger partial charge in [0, 0.05) is 12.1 Å². The van der Waals surface area contributed by atoms with Crippen LogP contribution in [0.5, 0.6) is 0 Å². The largest absolute Gasteiger partial charge is 0.368 e. The van der Waals surface area contributed by atoms with Gasteiger partial charge in [0.05, 0.1) is 5.92 Å². The van der Waals surface area contributed by atoms with Crippen molar-refractivity contribution >= 4 is 5.91 Å². The molecule has 1 amide bonds. The molecule has 2 N–H and O–H groups in total. The Hall–Kier alpha value is -1.25. The standard InChI is InChI=1S/C8H10N2O/c1-5-6-3-2-4-9-7(6)10-8(5)11/h2-3,5,9H,4H2,1H3,(H,10,11). The molecule has 2 rings (SSSR count). The first kappa shape index (κ1) is 6.46. The Kier molecular flexibility index (Phi) is 1.24. The molecule has 2 aliphatic rings. The van der Waals surface area contributed by atoms with E-state index in [0.29, 0.717) is 0 Å². The van der Waals surface area contributed by atoms with Gasteiger partial charge >= 0.3 is 0 Å². The summed E-state index contributed by atoms with van der Waals surface area (Å²) in [4.78, 5) is 11.1. The van der Waals surface area contributed by atoms with Crippen molar-refractivity contribution in [1.82, 2.24) is 10.6 Å². The average Bonchev–Trinajstić information content (AvgIpc) is 2.30. The zero-order chi connectivity index (χ0) is 7.84. The quantitative estimate of drug-likeness (QED) is 0.515. The van der Waals surface area contributed by atoms with Crippen LogP contribution in [0.1, 0.15) is 6.92 Å². The van der Waals surface area contributed by atoms with Gasteiger partial charge in [-0.1, -0.05) is 12.2 Å². The van der Waals surface area contributed by atoms with Crippen LogP contribution < -0.4 is 10.6 Å². The third kappa shape index (κ3) is 0.843. The van der Waals surface area contributed by atoms with Crippen molar-refractivity contribution < 1.29 is 4.79 Å². The smallest absolute Gasteiger partial charge is 0.232 e. The minimum atomic E-state index is 0.00838. The van der Waals surface area contributed by atoms with E-state index in [2.05, 4.69) is 10.6 Å². The second kappa shape index (κ2) is 2.12. The lowest BCUT2D eigenvalue weighted by atomic mass is 10.0. The molecule has 0 spiro atoms. The number of carbonyl (C=O) groups is 1. The van der Waals surface area contributed by atoms with Crippen LogP contribution in [-0.2, 0) is 4.79 Å². The highest BCUT2D eigenvalue weighted by Gasteiger charge is 2.28. The summed E-state index contributed by atoms with van der Waals surface area (Å²) in [5.74, 6) is 0.994. The Bertz CT molecular complexity index is 265. The zero-order valence-corrected chi connectivity index (χ0v) is 6.35. The van der Waals surface area contributed by atoms with Crippen LogP contribution in [0.15, 0.2) is 23.5 Å². The second-order valence-electron chi connectivity index (χ2n) is 2.82. The number of hydrogen-bond acceptors (Lipinski definition) is 2. The molecule has 0 radical (unpaired) electrons. The fourth-order valence-electron chi connectivity index (χ4n) is 1.38. The van der Waals surface area contributed by atoms with Crippen LogP contribution in [0.4, 0.5) is 0 Å². The van der Waals surface area contributed by atoms with Gasteiger partial charge in [0.1, 0.15) is 5.82 Å². The second-order valence-corrected chi connectivity index (χ2v) is 2.82. The van der Waals surface area contributed by atoms with Crippen LogP contribution in [0.25, 0.3) is 0 Å². The highest BCUT2D eigenvalue weighted by Crippen LogP contribution is 2.22. The molecular weight excluding hydrogens is 140 g/mol. The van der Waals surface area contributed by atoms with Crippen molar-refractivity contribution in [2.75, 3.05) is 6.54 Å². The van der Waals surface area contributed by atoms with E-state index >= 15 is 0 Å². The minimum Gasteiger partial charge on any atom is -0.368 e. The zero-order valence-electron chi connectivity index (χ0n) is 6.35. The molecule has 58 valence electrons. The summed E-state index contributed by atoms with van der Waals surface area (Å²) in [5, 5.41) is 5.89. The van der Waals surface area contributed by atoms with E-state index in [-0.39, 0.29) is 11.8 Å². The SMILES string of the molecule is CC1C(=O)NC2=C1C=CCN2. The van der Waals surface area contributed by atoms with Gasteiger partial charge in [-0.25, -0.2) is 0 Å². The van der Waals surface area contributed by atoms with Crippen LogP contribution in [0.2, 0.25) is 0 Å². The Morgan fingerprint density at radius 3 is 3.18 bits per heavy atom. The molecule has 11 heavy (non-hydrogen) atoms. The molecule has 1 atom stereocenters. The number of amides is 1. The van der Waals surface area contributed by atoms with Crippen molar-refractivity contribution in [1.29, 1.82) is 0 Å². The van der Waals surface area contributed by atoms with Crippen molar-refractivity contribution in [3.63, 3.8) is 0 Å². The van der Waals surface area contributed by atoms with Gasteiger partial charge in [-0.2, -0.15) is 0 Å². The molecule has 0 aliphatic carbocycles. The van der Waals surface area contributed by atoms with Crippen molar-refractivity contribution in [2.24, 2.45) is 5.92 Å². The Morgan fingerprint density at radius 1 is 1.64 bits per heavy atom. The molecule has 0 saturated heterocycles. The Balaban J connectivity index is 2.35. The molecule has 0 fully saturated rings. The normalized spacial score (nSPS) is 28.1. The highest BCUT2D eigenvalue weighted by molar-refractivity contribution is 5.87. The molecule has 0 saturated carbocycles. The van der Waals surface area contributed by atoms with E-state index in [1.165, 1.54) is 0 Å². The summed E-state index contributed by atoms with van der Waals surface area (Å²) < 4.78 is 0. The lowest BCUT2D eigenvalue weighted by molar-refractivity contribution is -0.121. The molecule has 3 nitrogen and oxygen atoms in total. The summed E-state index contributed by atoms with van der Waals surface area (Å²) in [6.07, 6.45) is 4.03. The summed E-state index contributed by atoms with van der Waals surface area (Å²) in [6, 6.07) is 0. The van der Waals surface area contributed by atoms with Crippen LogP contribution in [0, 0.1) is 5.92 Å². The maximum Gasteiger partial charge on any atom is 0.232 e. The van der Waals surface area contributed by atoms with E-state index in [0.717, 1.165) is 17.9 Å². The molecule has 2 aliphatic heterocycles. The third-order valence-electron chi connectivity index (χ3n) is 2.09. The number of nitrogens with one attached hydrogen (secondary N) is 2. The van der Waals surface area contributed by atoms with Gasteiger partial charge in [0.2, 0.25) is 5.91 Å². The van der Waals surface area contributed by atoms with Gasteiger partial charge in [0.15, 0.2) is 0 Å². The summed E-state index contributed by atoms with van der Waals surface area (Å²) in [5.41, 5.74) is 1.08. The molecule has 0 bridgehead atoms. The van der Waals surface area contributed by atoms with E-state index < -0.39 is 0 Å². The first-order valence-electron chi connectivity index (χ1n) is 3.74. The van der Waals surface area contributed by atoms with Gasteiger partial charge in [-0.15, -0.1) is 0 Å². The predicted octanol–water partition coefficient (Wildman–Crippen LogP) is 0.123. The van der Waals surface area contributed by atoms with Crippen LogP contribution >= 0.6 is 0 Å². The fourth-order valence-corrected chi connectivity index (χ4v) is 1.38. The van der Waals surface area contributed by atoms with Crippen LogP contribution in [0.3, 0.4) is 0 Å². The van der Waals surface area contributed by atoms with Crippen LogP contribution in [-0.4, -0.2) is 12.5 Å². The van der Waals surface area contributed by atoms with E-state index in [9.17, 15) is 4.79 Å². The molecule has 0 aromatic heterocycles. The molecule has 3 heteroatoms. The fraction of sp³-hybridized carbons (Fsp3) is 0.375. The summed E-state index contributed by atoms with van der Waals surface area (Å²) in [6.45, 7) is 2.72.